The van der Waals surface area contributed by atoms with Crippen LogP contribution in [0.3, 0.4) is 0 Å². The number of rotatable bonds is 2. The van der Waals surface area contributed by atoms with Gasteiger partial charge in [0.15, 0.2) is 0 Å². The molecule has 1 aromatic heterocycles. The summed E-state index contributed by atoms with van der Waals surface area (Å²) in [5.74, 6) is -0.722. The minimum Gasteiger partial charge on any atom is -0.493 e. The molecule has 0 aliphatic carbocycles. The summed E-state index contributed by atoms with van der Waals surface area (Å²) in [5, 5.41) is 9.75. The predicted octanol–water partition coefficient (Wildman–Crippen LogP) is 2.41. The second kappa shape index (κ2) is 4.60. The van der Waals surface area contributed by atoms with E-state index >= 15 is 0 Å². The van der Waals surface area contributed by atoms with Crippen molar-refractivity contribution in [1.82, 2.24) is 9.97 Å². The highest BCUT2D eigenvalue weighted by Gasteiger charge is 2.14. The summed E-state index contributed by atoms with van der Waals surface area (Å²) in [6.07, 6.45) is 0. The molecule has 2 rings (SSSR count). The van der Waals surface area contributed by atoms with Crippen molar-refractivity contribution in [2.75, 3.05) is 0 Å². The van der Waals surface area contributed by atoms with Gasteiger partial charge in [-0.25, -0.2) is 4.39 Å². The molecule has 0 bridgehead atoms. The standard InChI is InChI=1S/C13H13FN2O2/c1-7(2)10-12(17)15-11(16-13(10)18)8-4-3-5-9(14)6-8/h3-7H,1-2H3,(H2,15,16,17,18). The molecule has 1 aromatic carbocycles. The highest BCUT2D eigenvalue weighted by atomic mass is 19.1. The van der Waals surface area contributed by atoms with Crippen LogP contribution in [-0.4, -0.2) is 15.1 Å². The number of H-pyrrole nitrogens is 1. The van der Waals surface area contributed by atoms with Gasteiger partial charge in [-0.1, -0.05) is 26.0 Å². The third-order valence-electron chi connectivity index (χ3n) is 2.61. The Balaban J connectivity index is 2.59. The van der Waals surface area contributed by atoms with Gasteiger partial charge in [0.2, 0.25) is 5.88 Å². The number of nitrogens with zero attached hydrogens (tertiary/aromatic N) is 1. The first-order valence-corrected chi connectivity index (χ1v) is 5.58. The molecular formula is C13H13FN2O2. The van der Waals surface area contributed by atoms with Crippen molar-refractivity contribution in [3.05, 3.63) is 46.0 Å². The zero-order valence-corrected chi connectivity index (χ0v) is 10.1. The third kappa shape index (κ3) is 2.25. The van der Waals surface area contributed by atoms with E-state index in [1.807, 2.05) is 0 Å². The average molecular weight is 248 g/mol. The van der Waals surface area contributed by atoms with Crippen molar-refractivity contribution in [1.29, 1.82) is 0 Å². The average Bonchev–Trinajstić information content (AvgIpc) is 2.27. The molecule has 1 heterocycles. The molecule has 0 spiro atoms. The molecule has 0 fully saturated rings. The van der Waals surface area contributed by atoms with E-state index in [0.717, 1.165) is 0 Å². The van der Waals surface area contributed by atoms with Gasteiger partial charge >= 0.3 is 0 Å². The summed E-state index contributed by atoms with van der Waals surface area (Å²) in [6.45, 7) is 3.57. The number of hydrogen-bond donors (Lipinski definition) is 2. The number of halogens is 1. The molecule has 0 amide bonds. The van der Waals surface area contributed by atoms with Gasteiger partial charge < -0.3 is 10.1 Å². The Labute approximate surface area is 103 Å². The van der Waals surface area contributed by atoms with Gasteiger partial charge in [-0.05, 0) is 18.1 Å². The van der Waals surface area contributed by atoms with E-state index in [0.29, 0.717) is 5.56 Å². The minimum atomic E-state index is -0.428. The normalized spacial score (nSPS) is 10.9. The van der Waals surface area contributed by atoms with Crippen molar-refractivity contribution >= 4 is 0 Å². The van der Waals surface area contributed by atoms with Gasteiger partial charge in [0.25, 0.3) is 5.56 Å². The topological polar surface area (TPSA) is 66.0 Å². The number of aromatic nitrogens is 2. The molecule has 0 saturated carbocycles. The molecule has 2 N–H and O–H groups in total. The second-order valence-corrected chi connectivity index (χ2v) is 4.32. The Morgan fingerprint density at radius 1 is 1.39 bits per heavy atom. The summed E-state index contributed by atoms with van der Waals surface area (Å²) in [6, 6.07) is 5.66. The SMILES string of the molecule is CC(C)c1c(O)nc(-c2cccc(F)c2)[nH]c1=O. The molecule has 5 heteroatoms. The maximum atomic E-state index is 13.1. The smallest absolute Gasteiger partial charge is 0.258 e. The lowest BCUT2D eigenvalue weighted by Gasteiger charge is -2.08. The monoisotopic (exact) mass is 248 g/mol. The maximum Gasteiger partial charge on any atom is 0.258 e. The zero-order valence-electron chi connectivity index (χ0n) is 10.1. The number of aromatic amines is 1. The number of hydrogen-bond acceptors (Lipinski definition) is 3. The summed E-state index contributed by atoms with van der Waals surface area (Å²) in [5.41, 5.74) is 0.240. The van der Waals surface area contributed by atoms with Crippen molar-refractivity contribution in [3.63, 3.8) is 0 Å². The van der Waals surface area contributed by atoms with Gasteiger partial charge in [0.05, 0.1) is 5.56 Å². The van der Waals surface area contributed by atoms with E-state index in [9.17, 15) is 14.3 Å². The first-order chi connectivity index (χ1) is 8.49. The highest BCUT2D eigenvalue weighted by molar-refractivity contribution is 5.55. The molecular weight excluding hydrogens is 235 g/mol. The molecule has 0 radical (unpaired) electrons. The van der Waals surface area contributed by atoms with E-state index in [1.165, 1.54) is 18.2 Å². The fraction of sp³-hybridized carbons (Fsp3) is 0.231. The van der Waals surface area contributed by atoms with Crippen LogP contribution in [0.4, 0.5) is 4.39 Å². The first-order valence-electron chi connectivity index (χ1n) is 5.58. The third-order valence-corrected chi connectivity index (χ3v) is 2.61. The largest absolute Gasteiger partial charge is 0.493 e. The molecule has 94 valence electrons. The Morgan fingerprint density at radius 3 is 2.67 bits per heavy atom. The van der Waals surface area contributed by atoms with E-state index < -0.39 is 11.4 Å². The summed E-state index contributed by atoms with van der Waals surface area (Å²) in [4.78, 5) is 18.3. The predicted molar refractivity (Wildman–Crippen MR) is 66.0 cm³/mol. The Hall–Kier alpha value is -2.17. The first kappa shape index (κ1) is 12.3. The fourth-order valence-electron chi connectivity index (χ4n) is 1.76. The molecule has 0 aliphatic heterocycles. The lowest BCUT2D eigenvalue weighted by Crippen LogP contribution is -2.16. The summed E-state index contributed by atoms with van der Waals surface area (Å²) < 4.78 is 13.1. The van der Waals surface area contributed by atoms with Crippen LogP contribution in [-0.2, 0) is 0 Å². The molecule has 0 unspecified atom stereocenters. The van der Waals surface area contributed by atoms with Crippen LogP contribution in [0, 0.1) is 5.82 Å². The quantitative estimate of drug-likeness (QED) is 0.857. The van der Waals surface area contributed by atoms with Gasteiger partial charge in [0.1, 0.15) is 11.6 Å². The van der Waals surface area contributed by atoms with Gasteiger partial charge in [0, 0.05) is 5.56 Å². The highest BCUT2D eigenvalue weighted by Crippen LogP contribution is 2.22. The van der Waals surface area contributed by atoms with Crippen molar-refractivity contribution in [3.8, 4) is 17.3 Å². The molecule has 2 aromatic rings. The zero-order chi connectivity index (χ0) is 13.3. The van der Waals surface area contributed by atoms with Crippen LogP contribution in [0.5, 0.6) is 5.88 Å². The fourth-order valence-corrected chi connectivity index (χ4v) is 1.76. The number of benzene rings is 1. The van der Waals surface area contributed by atoms with Crippen LogP contribution >= 0.6 is 0 Å². The van der Waals surface area contributed by atoms with E-state index in [1.54, 1.807) is 19.9 Å². The Morgan fingerprint density at radius 2 is 2.11 bits per heavy atom. The maximum absolute atomic E-state index is 13.1. The number of aromatic hydroxyl groups is 1. The summed E-state index contributed by atoms with van der Waals surface area (Å²) in [7, 11) is 0. The van der Waals surface area contributed by atoms with Crippen LogP contribution in [0.25, 0.3) is 11.4 Å². The molecule has 0 saturated heterocycles. The van der Waals surface area contributed by atoms with E-state index in [2.05, 4.69) is 9.97 Å². The van der Waals surface area contributed by atoms with Crippen LogP contribution < -0.4 is 5.56 Å². The minimum absolute atomic E-state index is 0.136. The number of nitrogens with one attached hydrogen (secondary N) is 1. The van der Waals surface area contributed by atoms with Crippen molar-refractivity contribution < 1.29 is 9.50 Å². The van der Waals surface area contributed by atoms with Crippen molar-refractivity contribution in [2.24, 2.45) is 0 Å². The Kier molecular flexibility index (Phi) is 3.14. The van der Waals surface area contributed by atoms with Crippen LogP contribution in [0.15, 0.2) is 29.1 Å². The Bertz CT molecular complexity index is 635. The molecule has 0 atom stereocenters. The van der Waals surface area contributed by atoms with Gasteiger partial charge in [-0.3, -0.25) is 4.79 Å². The van der Waals surface area contributed by atoms with Crippen LogP contribution in [0.2, 0.25) is 0 Å². The second-order valence-electron chi connectivity index (χ2n) is 4.32. The molecule has 4 nitrogen and oxygen atoms in total. The van der Waals surface area contributed by atoms with E-state index in [4.69, 9.17) is 0 Å². The lowest BCUT2D eigenvalue weighted by atomic mass is 10.1. The van der Waals surface area contributed by atoms with E-state index in [-0.39, 0.29) is 23.2 Å². The molecule has 0 aliphatic rings. The van der Waals surface area contributed by atoms with Gasteiger partial charge in [-0.15, -0.1) is 0 Å². The van der Waals surface area contributed by atoms with Gasteiger partial charge in [-0.2, -0.15) is 4.98 Å². The van der Waals surface area contributed by atoms with Crippen LogP contribution in [0.1, 0.15) is 25.3 Å². The molecule has 18 heavy (non-hydrogen) atoms. The lowest BCUT2D eigenvalue weighted by molar-refractivity contribution is 0.440. The van der Waals surface area contributed by atoms with Crippen molar-refractivity contribution in [2.45, 2.75) is 19.8 Å². The summed E-state index contributed by atoms with van der Waals surface area (Å²) >= 11 is 0.